The van der Waals surface area contributed by atoms with Gasteiger partial charge >= 0.3 is 0 Å². The van der Waals surface area contributed by atoms with Crippen molar-refractivity contribution in [3.05, 3.63) is 59.0 Å². The molecule has 1 aliphatic heterocycles. The minimum absolute atomic E-state index is 0.0416. The molecule has 2 amide bonds. The molecule has 1 fully saturated rings. The minimum atomic E-state index is -0.488. The van der Waals surface area contributed by atoms with Crippen molar-refractivity contribution in [2.24, 2.45) is 12.8 Å². The molecule has 0 spiro atoms. The highest BCUT2D eigenvalue weighted by molar-refractivity contribution is 5.98. The number of primary amides is 1. The van der Waals surface area contributed by atoms with Crippen molar-refractivity contribution in [3.63, 3.8) is 0 Å². The molecule has 0 radical (unpaired) electrons. The first-order valence-electron chi connectivity index (χ1n) is 10.7. The molecule has 7 heteroatoms. The van der Waals surface area contributed by atoms with Crippen LogP contribution in [0.4, 0.5) is 0 Å². The van der Waals surface area contributed by atoms with Gasteiger partial charge in [0.15, 0.2) is 0 Å². The topological polar surface area (TPSA) is 94.1 Å². The van der Waals surface area contributed by atoms with Crippen LogP contribution in [0, 0.1) is 0 Å². The Labute approximate surface area is 182 Å². The Bertz CT molecular complexity index is 1160. The van der Waals surface area contributed by atoms with Crippen LogP contribution in [0.15, 0.2) is 36.4 Å². The second-order valence-electron chi connectivity index (χ2n) is 9.36. The van der Waals surface area contributed by atoms with Crippen molar-refractivity contribution < 1.29 is 9.59 Å². The number of pyridine rings is 1. The number of likely N-dealkylation sites (tertiary alicyclic amines) is 1. The molecule has 7 nitrogen and oxygen atoms in total. The first kappa shape index (κ1) is 21.0. The second kappa shape index (κ2) is 7.80. The highest BCUT2D eigenvalue weighted by atomic mass is 16.2. The zero-order chi connectivity index (χ0) is 22.3. The molecule has 1 aromatic carbocycles. The van der Waals surface area contributed by atoms with E-state index in [4.69, 9.17) is 10.7 Å². The van der Waals surface area contributed by atoms with Crippen molar-refractivity contribution in [1.82, 2.24) is 19.7 Å². The number of nitrogens with two attached hydrogens (primary N) is 1. The van der Waals surface area contributed by atoms with E-state index in [-0.39, 0.29) is 17.2 Å². The maximum atomic E-state index is 13.3. The van der Waals surface area contributed by atoms with Crippen LogP contribution in [0.2, 0.25) is 0 Å². The van der Waals surface area contributed by atoms with Gasteiger partial charge in [0.25, 0.3) is 11.8 Å². The Hall–Kier alpha value is -3.22. The molecular weight excluding hydrogens is 390 g/mol. The number of hydrogen-bond donors (Lipinski definition) is 1. The van der Waals surface area contributed by atoms with Crippen LogP contribution < -0.4 is 5.73 Å². The summed E-state index contributed by atoms with van der Waals surface area (Å²) >= 11 is 0. The molecule has 0 bridgehead atoms. The van der Waals surface area contributed by atoms with Gasteiger partial charge in [0.05, 0.1) is 22.5 Å². The number of rotatable bonds is 3. The maximum absolute atomic E-state index is 13.3. The molecule has 31 heavy (non-hydrogen) atoms. The largest absolute Gasteiger partial charge is 0.366 e. The van der Waals surface area contributed by atoms with Crippen LogP contribution >= 0.6 is 0 Å². The average molecular weight is 420 g/mol. The van der Waals surface area contributed by atoms with Gasteiger partial charge in [0.2, 0.25) is 0 Å². The molecule has 0 saturated carbocycles. The number of amides is 2. The van der Waals surface area contributed by atoms with Crippen molar-refractivity contribution in [2.45, 2.75) is 44.9 Å². The van der Waals surface area contributed by atoms with Crippen LogP contribution in [0.25, 0.3) is 10.9 Å². The highest BCUT2D eigenvalue weighted by Crippen LogP contribution is 2.31. The minimum Gasteiger partial charge on any atom is -0.366 e. The van der Waals surface area contributed by atoms with E-state index in [2.05, 4.69) is 25.9 Å². The summed E-state index contributed by atoms with van der Waals surface area (Å²) in [5.74, 6) is -0.574. The molecule has 1 aliphatic rings. The van der Waals surface area contributed by atoms with Gasteiger partial charge in [-0.25, -0.2) is 0 Å². The summed E-state index contributed by atoms with van der Waals surface area (Å²) in [4.78, 5) is 32.1. The smallest absolute Gasteiger partial charge is 0.272 e. The zero-order valence-electron chi connectivity index (χ0n) is 18.6. The standard InChI is InChI=1S/C24H29N5O2/c1-24(2,3)20-13-19(28(4)27-20)23(31)29-11-7-9-16(14-29)21-17(22(25)30)12-15-8-5-6-10-18(15)26-21/h5-6,8,10,12-13,16H,7,9,11,14H2,1-4H3,(H2,25,30). The first-order chi connectivity index (χ1) is 14.6. The Morgan fingerprint density at radius 3 is 2.58 bits per heavy atom. The molecular formula is C24H29N5O2. The Balaban J connectivity index is 1.65. The number of carbonyl (C=O) groups is 2. The number of hydrogen-bond acceptors (Lipinski definition) is 4. The molecule has 3 heterocycles. The molecule has 2 aromatic heterocycles. The van der Waals surface area contributed by atoms with Crippen LogP contribution in [0.3, 0.4) is 0 Å². The summed E-state index contributed by atoms with van der Waals surface area (Å²) in [6, 6.07) is 11.4. The van der Waals surface area contributed by atoms with Crippen molar-refractivity contribution >= 4 is 22.7 Å². The van der Waals surface area contributed by atoms with Gasteiger partial charge in [-0.2, -0.15) is 5.10 Å². The van der Waals surface area contributed by atoms with Crippen LogP contribution in [0.1, 0.15) is 71.8 Å². The summed E-state index contributed by atoms with van der Waals surface area (Å²) in [7, 11) is 1.81. The van der Waals surface area contributed by atoms with Crippen LogP contribution in [0.5, 0.6) is 0 Å². The lowest BCUT2D eigenvalue weighted by Gasteiger charge is -2.33. The van der Waals surface area contributed by atoms with Gasteiger partial charge < -0.3 is 10.6 Å². The third kappa shape index (κ3) is 4.04. The summed E-state index contributed by atoms with van der Waals surface area (Å²) in [6.07, 6.45) is 1.70. The van der Waals surface area contributed by atoms with Gasteiger partial charge in [-0.3, -0.25) is 19.3 Å². The molecule has 162 valence electrons. The summed E-state index contributed by atoms with van der Waals surface area (Å²) in [5, 5.41) is 5.42. The lowest BCUT2D eigenvalue weighted by atomic mass is 9.90. The quantitative estimate of drug-likeness (QED) is 0.704. The van der Waals surface area contributed by atoms with Gasteiger partial charge in [0, 0.05) is 36.9 Å². The molecule has 3 aromatic rings. The lowest BCUT2D eigenvalue weighted by molar-refractivity contribution is 0.0694. The van der Waals surface area contributed by atoms with Crippen LogP contribution in [-0.4, -0.2) is 44.6 Å². The van der Waals surface area contributed by atoms with E-state index in [1.54, 1.807) is 11.7 Å². The van der Waals surface area contributed by atoms with Crippen molar-refractivity contribution in [2.75, 3.05) is 13.1 Å². The van der Waals surface area contributed by atoms with E-state index >= 15 is 0 Å². The van der Waals surface area contributed by atoms with E-state index in [1.165, 1.54) is 0 Å². The summed E-state index contributed by atoms with van der Waals surface area (Å²) in [5.41, 5.74) is 8.97. The number of fused-ring (bicyclic) bond motifs is 1. The predicted octanol–water partition coefficient (Wildman–Crippen LogP) is 3.38. The SMILES string of the molecule is Cn1nc(C(C)(C)C)cc1C(=O)N1CCCC(c2nc3ccccc3cc2C(N)=O)C1. The number of nitrogens with zero attached hydrogens (tertiary/aromatic N) is 4. The molecule has 1 atom stereocenters. The first-order valence-corrected chi connectivity index (χ1v) is 10.7. The van der Waals surface area contributed by atoms with Gasteiger partial charge in [-0.05, 0) is 31.0 Å². The highest BCUT2D eigenvalue weighted by Gasteiger charge is 2.31. The predicted molar refractivity (Wildman–Crippen MR) is 120 cm³/mol. The number of aryl methyl sites for hydroxylation is 1. The number of aromatic nitrogens is 3. The van der Waals surface area contributed by atoms with Gasteiger partial charge in [-0.15, -0.1) is 0 Å². The van der Waals surface area contributed by atoms with E-state index in [0.717, 1.165) is 29.4 Å². The van der Waals surface area contributed by atoms with Gasteiger partial charge in [0.1, 0.15) is 5.69 Å². The monoisotopic (exact) mass is 419 g/mol. The Morgan fingerprint density at radius 1 is 1.16 bits per heavy atom. The fraction of sp³-hybridized carbons (Fsp3) is 0.417. The van der Waals surface area contributed by atoms with E-state index in [0.29, 0.717) is 30.0 Å². The van der Waals surface area contributed by atoms with E-state index < -0.39 is 5.91 Å². The maximum Gasteiger partial charge on any atom is 0.272 e. The van der Waals surface area contributed by atoms with E-state index in [9.17, 15) is 9.59 Å². The van der Waals surface area contributed by atoms with Crippen molar-refractivity contribution in [3.8, 4) is 0 Å². The Kier molecular flexibility index (Phi) is 5.29. The Morgan fingerprint density at radius 2 is 1.90 bits per heavy atom. The fourth-order valence-electron chi connectivity index (χ4n) is 4.22. The molecule has 2 N–H and O–H groups in total. The van der Waals surface area contributed by atoms with Crippen LogP contribution in [-0.2, 0) is 12.5 Å². The third-order valence-electron chi connectivity index (χ3n) is 5.98. The molecule has 4 rings (SSSR count). The van der Waals surface area contributed by atoms with Gasteiger partial charge in [-0.1, -0.05) is 39.0 Å². The van der Waals surface area contributed by atoms with E-state index in [1.807, 2.05) is 41.3 Å². The second-order valence-corrected chi connectivity index (χ2v) is 9.36. The number of benzene rings is 1. The fourth-order valence-corrected chi connectivity index (χ4v) is 4.22. The average Bonchev–Trinajstić information content (AvgIpc) is 3.14. The molecule has 1 saturated heterocycles. The zero-order valence-corrected chi connectivity index (χ0v) is 18.6. The molecule has 1 unspecified atom stereocenters. The molecule has 0 aliphatic carbocycles. The summed E-state index contributed by atoms with van der Waals surface area (Å²) in [6.45, 7) is 7.41. The third-order valence-corrected chi connectivity index (χ3v) is 5.98. The normalized spacial score (nSPS) is 17.2. The number of piperidine rings is 1. The van der Waals surface area contributed by atoms with Crippen molar-refractivity contribution in [1.29, 1.82) is 0 Å². The lowest BCUT2D eigenvalue weighted by Crippen LogP contribution is -2.40. The number of carbonyl (C=O) groups excluding carboxylic acids is 2. The summed E-state index contributed by atoms with van der Waals surface area (Å²) < 4.78 is 1.66. The number of para-hydroxylation sites is 1.